The summed E-state index contributed by atoms with van der Waals surface area (Å²) in [6.07, 6.45) is -7.29. The first kappa shape index (κ1) is 20.2. The van der Waals surface area contributed by atoms with E-state index in [0.29, 0.717) is 17.9 Å². The lowest BCUT2D eigenvalue weighted by molar-refractivity contribution is -0.279. The lowest BCUT2D eigenvalue weighted by Crippen LogP contribution is -2.59. The highest BCUT2D eigenvalue weighted by Gasteiger charge is 2.42. The fraction of sp³-hybridized carbons (Fsp3) is 0.350. The van der Waals surface area contributed by atoms with E-state index in [1.807, 2.05) is 30.3 Å². The minimum Gasteiger partial charge on any atom is -0.489 e. The summed E-state index contributed by atoms with van der Waals surface area (Å²) in [6.45, 7) is 0.271. The average Bonchev–Trinajstić information content (AvgIpc) is 2.73. The van der Waals surface area contributed by atoms with E-state index in [1.165, 1.54) is 0 Å². The van der Waals surface area contributed by atoms with Gasteiger partial charge in [-0.1, -0.05) is 30.3 Å². The maximum Gasteiger partial charge on any atom is 0.251 e. The molecule has 1 aliphatic rings. The third-order valence-corrected chi connectivity index (χ3v) is 4.52. The van der Waals surface area contributed by atoms with Gasteiger partial charge in [0, 0.05) is 12.1 Å². The molecular formula is C20H23NO7. The molecule has 3 rings (SSSR count). The van der Waals surface area contributed by atoms with Crippen LogP contribution in [0.2, 0.25) is 0 Å². The molecule has 5 N–H and O–H groups in total. The number of amides is 1. The Morgan fingerprint density at radius 3 is 2.29 bits per heavy atom. The SMILES string of the molecule is O=C(NC[C@H]1OC(O)[C@H](O)[C@@H](O)[C@H]1O)c1ccc(OCc2ccccc2)cc1. The van der Waals surface area contributed by atoms with Gasteiger partial charge >= 0.3 is 0 Å². The van der Waals surface area contributed by atoms with Crippen LogP contribution in [0.3, 0.4) is 0 Å². The standard InChI is InChI=1S/C20H23NO7/c22-16-15(28-20(26)18(24)17(16)23)10-21-19(25)13-6-8-14(9-7-13)27-11-12-4-2-1-3-5-12/h1-9,15-18,20,22-24,26H,10-11H2,(H,21,25)/t15-,16+,17+,18-,20?/m1/s1. The van der Waals surface area contributed by atoms with Crippen LogP contribution in [0, 0.1) is 0 Å². The van der Waals surface area contributed by atoms with Crippen LogP contribution in [0.4, 0.5) is 0 Å². The van der Waals surface area contributed by atoms with Gasteiger partial charge < -0.3 is 35.2 Å². The highest BCUT2D eigenvalue weighted by atomic mass is 16.6. The summed E-state index contributed by atoms with van der Waals surface area (Å²) in [4.78, 5) is 12.2. The quantitative estimate of drug-likeness (QED) is 0.463. The minimum absolute atomic E-state index is 0.146. The fourth-order valence-electron chi connectivity index (χ4n) is 2.84. The number of aliphatic hydroxyl groups excluding tert-OH is 4. The number of benzene rings is 2. The maximum absolute atomic E-state index is 12.2. The molecule has 28 heavy (non-hydrogen) atoms. The van der Waals surface area contributed by atoms with Crippen molar-refractivity contribution < 1.29 is 34.7 Å². The van der Waals surface area contributed by atoms with Crippen molar-refractivity contribution >= 4 is 5.91 Å². The zero-order valence-electron chi connectivity index (χ0n) is 15.0. The Hall–Kier alpha value is -2.49. The smallest absolute Gasteiger partial charge is 0.251 e. The van der Waals surface area contributed by atoms with Gasteiger partial charge in [0.2, 0.25) is 0 Å². The van der Waals surface area contributed by atoms with Crippen LogP contribution in [0.5, 0.6) is 5.75 Å². The Kier molecular flexibility index (Phi) is 6.61. The van der Waals surface area contributed by atoms with Crippen molar-refractivity contribution in [3.8, 4) is 5.75 Å². The molecule has 2 aromatic carbocycles. The number of hydrogen-bond acceptors (Lipinski definition) is 7. The Balaban J connectivity index is 1.50. The van der Waals surface area contributed by atoms with Gasteiger partial charge in [0.15, 0.2) is 6.29 Å². The Labute approximate surface area is 162 Å². The van der Waals surface area contributed by atoms with Crippen LogP contribution in [-0.4, -0.2) is 63.6 Å². The third kappa shape index (κ3) is 4.86. The molecule has 2 aromatic rings. The molecule has 1 fully saturated rings. The van der Waals surface area contributed by atoms with Gasteiger partial charge in [0.05, 0.1) is 0 Å². The first-order valence-electron chi connectivity index (χ1n) is 8.88. The Morgan fingerprint density at radius 2 is 1.61 bits per heavy atom. The lowest BCUT2D eigenvalue weighted by atomic mass is 9.99. The van der Waals surface area contributed by atoms with Crippen molar-refractivity contribution in [3.05, 3.63) is 65.7 Å². The van der Waals surface area contributed by atoms with Gasteiger partial charge in [-0.15, -0.1) is 0 Å². The van der Waals surface area contributed by atoms with E-state index in [0.717, 1.165) is 5.56 Å². The number of carbonyl (C=O) groups excluding carboxylic acids is 1. The van der Waals surface area contributed by atoms with Gasteiger partial charge in [0.25, 0.3) is 5.91 Å². The molecule has 1 saturated heterocycles. The second kappa shape index (κ2) is 9.13. The fourth-order valence-corrected chi connectivity index (χ4v) is 2.84. The van der Waals surface area contributed by atoms with Crippen molar-refractivity contribution in [1.82, 2.24) is 5.32 Å². The van der Waals surface area contributed by atoms with Crippen molar-refractivity contribution in [2.45, 2.75) is 37.3 Å². The molecule has 0 saturated carbocycles. The van der Waals surface area contributed by atoms with Gasteiger partial charge in [-0.2, -0.15) is 0 Å². The van der Waals surface area contributed by atoms with E-state index < -0.39 is 36.6 Å². The first-order valence-corrected chi connectivity index (χ1v) is 8.88. The molecule has 8 nitrogen and oxygen atoms in total. The van der Waals surface area contributed by atoms with Crippen LogP contribution in [0.15, 0.2) is 54.6 Å². The maximum atomic E-state index is 12.2. The van der Waals surface area contributed by atoms with Crippen molar-refractivity contribution in [1.29, 1.82) is 0 Å². The third-order valence-electron chi connectivity index (χ3n) is 4.52. The molecule has 1 unspecified atom stereocenters. The number of aliphatic hydroxyl groups is 4. The average molecular weight is 389 g/mol. The molecule has 0 aromatic heterocycles. The number of carbonyl (C=O) groups is 1. The number of hydrogen-bond donors (Lipinski definition) is 5. The second-order valence-electron chi connectivity index (χ2n) is 6.55. The number of rotatable bonds is 6. The zero-order valence-corrected chi connectivity index (χ0v) is 15.0. The van der Waals surface area contributed by atoms with Crippen molar-refractivity contribution in [2.24, 2.45) is 0 Å². The number of nitrogens with one attached hydrogen (secondary N) is 1. The van der Waals surface area contributed by atoms with Crippen molar-refractivity contribution in [3.63, 3.8) is 0 Å². The summed E-state index contributed by atoms with van der Waals surface area (Å²) in [5.41, 5.74) is 1.41. The molecular weight excluding hydrogens is 366 g/mol. The normalized spacial score (nSPS) is 27.2. The highest BCUT2D eigenvalue weighted by molar-refractivity contribution is 5.94. The molecule has 1 heterocycles. The number of ether oxygens (including phenoxy) is 2. The molecule has 150 valence electrons. The summed E-state index contributed by atoms with van der Waals surface area (Å²) < 4.78 is 10.7. The van der Waals surface area contributed by atoms with E-state index in [9.17, 15) is 25.2 Å². The Bertz CT molecular complexity index is 768. The molecule has 1 aliphatic heterocycles. The first-order chi connectivity index (χ1) is 13.5. The van der Waals surface area contributed by atoms with Gasteiger partial charge in [-0.3, -0.25) is 4.79 Å². The summed E-state index contributed by atoms with van der Waals surface area (Å²) in [5, 5.41) is 41.1. The monoisotopic (exact) mass is 389 g/mol. The van der Waals surface area contributed by atoms with Crippen LogP contribution >= 0.6 is 0 Å². The van der Waals surface area contributed by atoms with Crippen LogP contribution in [0.25, 0.3) is 0 Å². The summed E-state index contributed by atoms with van der Waals surface area (Å²) in [6, 6.07) is 16.2. The minimum atomic E-state index is -1.64. The summed E-state index contributed by atoms with van der Waals surface area (Å²) >= 11 is 0. The summed E-state index contributed by atoms with van der Waals surface area (Å²) in [5.74, 6) is 0.201. The van der Waals surface area contributed by atoms with Gasteiger partial charge in [-0.05, 0) is 29.8 Å². The van der Waals surface area contributed by atoms with Gasteiger partial charge in [0.1, 0.15) is 36.8 Å². The van der Waals surface area contributed by atoms with E-state index in [4.69, 9.17) is 9.47 Å². The summed E-state index contributed by atoms with van der Waals surface area (Å²) in [7, 11) is 0. The van der Waals surface area contributed by atoms with E-state index in [2.05, 4.69) is 5.32 Å². The van der Waals surface area contributed by atoms with Crippen molar-refractivity contribution in [2.75, 3.05) is 6.54 Å². The van der Waals surface area contributed by atoms with Crippen LogP contribution < -0.4 is 10.1 Å². The lowest BCUT2D eigenvalue weighted by Gasteiger charge is -2.38. The molecule has 1 amide bonds. The van der Waals surface area contributed by atoms with Crippen LogP contribution in [0.1, 0.15) is 15.9 Å². The molecule has 0 bridgehead atoms. The molecule has 0 spiro atoms. The zero-order chi connectivity index (χ0) is 20.1. The van der Waals surface area contributed by atoms with E-state index in [1.54, 1.807) is 24.3 Å². The predicted molar refractivity (Wildman–Crippen MR) is 98.4 cm³/mol. The second-order valence-corrected chi connectivity index (χ2v) is 6.55. The molecule has 0 aliphatic carbocycles. The molecule has 5 atom stereocenters. The largest absolute Gasteiger partial charge is 0.489 e. The van der Waals surface area contributed by atoms with E-state index in [-0.39, 0.29) is 6.54 Å². The predicted octanol–water partition coefficient (Wildman–Crippen LogP) is -0.205. The van der Waals surface area contributed by atoms with E-state index >= 15 is 0 Å². The molecule has 0 radical (unpaired) electrons. The van der Waals surface area contributed by atoms with Gasteiger partial charge in [-0.25, -0.2) is 0 Å². The highest BCUT2D eigenvalue weighted by Crippen LogP contribution is 2.19. The Morgan fingerprint density at radius 1 is 0.929 bits per heavy atom. The topological polar surface area (TPSA) is 128 Å². The molecule has 8 heteroatoms. The van der Waals surface area contributed by atoms with Crippen LogP contribution in [-0.2, 0) is 11.3 Å².